The first kappa shape index (κ1) is 9.94. The highest BCUT2D eigenvalue weighted by atomic mass is 32.2. The first-order valence-corrected chi connectivity index (χ1v) is 4.80. The molecule has 0 atom stereocenters. The largest absolute Gasteiger partial charge is 0.398 e. The van der Waals surface area contributed by atoms with Gasteiger partial charge in [-0.15, -0.1) is 17.7 Å². The van der Waals surface area contributed by atoms with Gasteiger partial charge >= 0.3 is 0 Å². The lowest BCUT2D eigenvalue weighted by molar-refractivity contribution is 0.624. The van der Waals surface area contributed by atoms with Crippen molar-refractivity contribution in [3.05, 3.63) is 24.0 Å². The molecule has 1 aromatic carbocycles. The number of hydrogen-bond donors (Lipinski definition) is 1. The first-order valence-electron chi connectivity index (χ1n) is 3.81. The van der Waals surface area contributed by atoms with Crippen LogP contribution >= 0.6 is 11.8 Å². The van der Waals surface area contributed by atoms with Crippen molar-refractivity contribution in [2.75, 3.05) is 11.5 Å². The maximum absolute atomic E-state index is 12.8. The predicted octanol–water partition coefficient (Wildman–Crippen LogP) is 2.52. The van der Waals surface area contributed by atoms with Crippen LogP contribution in [0.25, 0.3) is 0 Å². The minimum absolute atomic E-state index is 0.263. The van der Waals surface area contributed by atoms with Crippen molar-refractivity contribution in [1.29, 1.82) is 0 Å². The van der Waals surface area contributed by atoms with Crippen molar-refractivity contribution in [3.8, 4) is 11.8 Å². The second-order valence-corrected chi connectivity index (χ2v) is 3.41. The zero-order valence-corrected chi connectivity index (χ0v) is 8.12. The standard InChI is InChI=1S/C10H10FNS/c1-2-3-6-13-10-7-8(11)4-5-9(10)12/h4-5,7H,6,12H2,1H3. The summed E-state index contributed by atoms with van der Waals surface area (Å²) in [6.07, 6.45) is 0. The van der Waals surface area contributed by atoms with Gasteiger partial charge < -0.3 is 5.73 Å². The molecule has 68 valence electrons. The number of nitrogens with two attached hydrogens (primary N) is 1. The molecule has 1 nitrogen and oxygen atoms in total. The van der Waals surface area contributed by atoms with E-state index < -0.39 is 0 Å². The van der Waals surface area contributed by atoms with Gasteiger partial charge in [-0.25, -0.2) is 4.39 Å². The van der Waals surface area contributed by atoms with Gasteiger partial charge in [0.25, 0.3) is 0 Å². The number of halogens is 1. The van der Waals surface area contributed by atoms with Gasteiger partial charge in [0.1, 0.15) is 5.82 Å². The summed E-state index contributed by atoms with van der Waals surface area (Å²) < 4.78 is 12.8. The summed E-state index contributed by atoms with van der Waals surface area (Å²) in [7, 11) is 0. The lowest BCUT2D eigenvalue weighted by atomic mass is 10.3. The minimum atomic E-state index is -0.263. The fourth-order valence-electron chi connectivity index (χ4n) is 0.819. The van der Waals surface area contributed by atoms with Crippen LogP contribution in [0.4, 0.5) is 10.1 Å². The molecule has 1 rings (SSSR count). The van der Waals surface area contributed by atoms with Crippen LogP contribution in [-0.2, 0) is 0 Å². The van der Waals surface area contributed by atoms with Crippen LogP contribution in [0.15, 0.2) is 23.1 Å². The molecule has 0 spiro atoms. The third-order valence-corrected chi connectivity index (χ3v) is 2.41. The molecular weight excluding hydrogens is 185 g/mol. The van der Waals surface area contributed by atoms with Crippen LogP contribution in [0, 0.1) is 17.7 Å². The molecule has 0 radical (unpaired) electrons. The Morgan fingerprint density at radius 1 is 1.54 bits per heavy atom. The van der Waals surface area contributed by atoms with E-state index >= 15 is 0 Å². The van der Waals surface area contributed by atoms with Gasteiger partial charge in [-0.2, -0.15) is 0 Å². The van der Waals surface area contributed by atoms with Crippen LogP contribution in [0.3, 0.4) is 0 Å². The fraction of sp³-hybridized carbons (Fsp3) is 0.200. The molecule has 0 amide bonds. The Bertz CT molecular complexity index is 352. The Morgan fingerprint density at radius 2 is 2.31 bits per heavy atom. The number of benzene rings is 1. The van der Waals surface area contributed by atoms with Crippen molar-refractivity contribution in [1.82, 2.24) is 0 Å². The van der Waals surface area contributed by atoms with Crippen molar-refractivity contribution in [3.63, 3.8) is 0 Å². The van der Waals surface area contributed by atoms with Gasteiger partial charge in [-0.1, -0.05) is 5.92 Å². The van der Waals surface area contributed by atoms with E-state index in [2.05, 4.69) is 11.8 Å². The SMILES string of the molecule is CC#CCSc1cc(F)ccc1N. The summed E-state index contributed by atoms with van der Waals surface area (Å²) in [5, 5.41) is 0. The lowest BCUT2D eigenvalue weighted by Gasteiger charge is -2.01. The van der Waals surface area contributed by atoms with E-state index in [1.54, 1.807) is 13.0 Å². The molecule has 0 bridgehead atoms. The quantitative estimate of drug-likeness (QED) is 0.446. The molecule has 0 fully saturated rings. The van der Waals surface area contributed by atoms with Gasteiger partial charge in [-0.05, 0) is 25.1 Å². The Balaban J connectivity index is 2.73. The second kappa shape index (κ2) is 4.78. The van der Waals surface area contributed by atoms with E-state index in [0.717, 1.165) is 4.90 Å². The molecule has 0 aliphatic rings. The molecule has 13 heavy (non-hydrogen) atoms. The van der Waals surface area contributed by atoms with Crippen LogP contribution in [-0.4, -0.2) is 5.75 Å². The maximum Gasteiger partial charge on any atom is 0.124 e. The smallest absolute Gasteiger partial charge is 0.124 e. The zero-order chi connectivity index (χ0) is 9.68. The molecule has 0 aromatic heterocycles. The maximum atomic E-state index is 12.8. The molecule has 0 saturated heterocycles. The van der Waals surface area contributed by atoms with Gasteiger partial charge in [0.15, 0.2) is 0 Å². The molecule has 0 unspecified atom stereocenters. The van der Waals surface area contributed by atoms with Crippen LogP contribution in [0.5, 0.6) is 0 Å². The summed E-state index contributed by atoms with van der Waals surface area (Å²) in [6.45, 7) is 1.77. The van der Waals surface area contributed by atoms with Crippen LogP contribution in [0.1, 0.15) is 6.92 Å². The van der Waals surface area contributed by atoms with E-state index in [1.165, 1.54) is 23.9 Å². The van der Waals surface area contributed by atoms with E-state index in [-0.39, 0.29) is 5.82 Å². The van der Waals surface area contributed by atoms with Crippen molar-refractivity contribution in [2.24, 2.45) is 0 Å². The molecule has 2 N–H and O–H groups in total. The monoisotopic (exact) mass is 195 g/mol. The molecular formula is C10H10FNS. The molecule has 0 saturated carbocycles. The van der Waals surface area contributed by atoms with E-state index in [0.29, 0.717) is 11.4 Å². The van der Waals surface area contributed by atoms with Gasteiger partial charge in [0, 0.05) is 10.6 Å². The zero-order valence-electron chi connectivity index (χ0n) is 7.30. The predicted molar refractivity (Wildman–Crippen MR) is 55.0 cm³/mol. The number of hydrogen-bond acceptors (Lipinski definition) is 2. The average molecular weight is 195 g/mol. The van der Waals surface area contributed by atoms with E-state index in [9.17, 15) is 4.39 Å². The van der Waals surface area contributed by atoms with Crippen molar-refractivity contribution >= 4 is 17.4 Å². The second-order valence-electron chi connectivity index (χ2n) is 2.40. The number of thioether (sulfide) groups is 1. The van der Waals surface area contributed by atoms with Gasteiger partial charge in [-0.3, -0.25) is 0 Å². The van der Waals surface area contributed by atoms with E-state index in [1.807, 2.05) is 0 Å². The fourth-order valence-corrected chi connectivity index (χ4v) is 1.62. The third kappa shape index (κ3) is 3.00. The van der Waals surface area contributed by atoms with Gasteiger partial charge in [0.05, 0.1) is 5.75 Å². The molecule has 0 heterocycles. The van der Waals surface area contributed by atoms with Crippen molar-refractivity contribution < 1.29 is 4.39 Å². The van der Waals surface area contributed by atoms with Crippen LogP contribution < -0.4 is 5.73 Å². The molecule has 3 heteroatoms. The summed E-state index contributed by atoms with van der Waals surface area (Å²) in [5.41, 5.74) is 6.24. The summed E-state index contributed by atoms with van der Waals surface area (Å²) in [4.78, 5) is 0.753. The highest BCUT2D eigenvalue weighted by molar-refractivity contribution is 7.99. The average Bonchev–Trinajstić information content (AvgIpc) is 2.11. The number of nitrogen functional groups attached to an aromatic ring is 1. The molecule has 1 aromatic rings. The van der Waals surface area contributed by atoms with Gasteiger partial charge in [0.2, 0.25) is 0 Å². The highest BCUT2D eigenvalue weighted by Gasteiger charge is 2.00. The number of anilines is 1. The third-order valence-electron chi connectivity index (χ3n) is 1.45. The number of rotatable bonds is 2. The Morgan fingerprint density at radius 3 is 3.00 bits per heavy atom. The molecule has 0 aliphatic carbocycles. The topological polar surface area (TPSA) is 26.0 Å². The highest BCUT2D eigenvalue weighted by Crippen LogP contribution is 2.24. The Labute approximate surface area is 81.5 Å². The minimum Gasteiger partial charge on any atom is -0.398 e. The molecule has 0 aliphatic heterocycles. The summed E-state index contributed by atoms with van der Waals surface area (Å²) in [5.74, 6) is 6.03. The lowest BCUT2D eigenvalue weighted by Crippen LogP contribution is -1.89. The first-order chi connectivity index (χ1) is 6.24. The normalized spacial score (nSPS) is 9.08. The summed E-state index contributed by atoms with van der Waals surface area (Å²) >= 11 is 1.45. The van der Waals surface area contributed by atoms with Crippen LogP contribution in [0.2, 0.25) is 0 Å². The summed E-state index contributed by atoms with van der Waals surface area (Å²) in [6, 6.07) is 4.35. The van der Waals surface area contributed by atoms with Crippen molar-refractivity contribution in [2.45, 2.75) is 11.8 Å². The van der Waals surface area contributed by atoms with E-state index in [4.69, 9.17) is 5.73 Å². The Hall–Kier alpha value is -1.14. The Kier molecular flexibility index (Phi) is 3.66.